The Labute approximate surface area is 153 Å². The highest BCUT2D eigenvalue weighted by molar-refractivity contribution is 9.10. The number of benzene rings is 2. The van der Waals surface area contributed by atoms with Crippen molar-refractivity contribution in [2.24, 2.45) is 0 Å². The molecule has 128 valence electrons. The number of carbonyl (C=O) groups is 1. The summed E-state index contributed by atoms with van der Waals surface area (Å²) in [6.07, 6.45) is 3.09. The van der Waals surface area contributed by atoms with Gasteiger partial charge in [0.2, 0.25) is 0 Å². The van der Waals surface area contributed by atoms with Gasteiger partial charge in [0.15, 0.2) is 0 Å². The molecule has 0 aliphatic heterocycles. The molecule has 7 heteroatoms. The first-order valence-electron chi connectivity index (χ1n) is 7.64. The molecule has 0 aliphatic rings. The van der Waals surface area contributed by atoms with Crippen molar-refractivity contribution in [2.45, 2.75) is 13.0 Å². The quantitative estimate of drug-likeness (QED) is 0.662. The maximum atomic E-state index is 13.5. The number of halogens is 2. The van der Waals surface area contributed by atoms with Gasteiger partial charge < -0.3 is 4.90 Å². The molecule has 3 aromatic rings. The van der Waals surface area contributed by atoms with Crippen LogP contribution in [0.3, 0.4) is 0 Å². The maximum absolute atomic E-state index is 13.5. The Morgan fingerprint density at radius 2 is 1.96 bits per heavy atom. The van der Waals surface area contributed by atoms with Gasteiger partial charge in [-0.15, -0.1) is 0 Å². The molecule has 0 saturated carbocycles. The van der Waals surface area contributed by atoms with E-state index in [1.807, 2.05) is 31.2 Å². The lowest BCUT2D eigenvalue weighted by Crippen LogP contribution is -2.30. The first-order valence-corrected chi connectivity index (χ1v) is 8.44. The molecule has 0 spiro atoms. The molecule has 0 radical (unpaired) electrons. The summed E-state index contributed by atoms with van der Waals surface area (Å²) in [6, 6.07) is 11.6. The lowest BCUT2D eigenvalue weighted by molar-refractivity contribution is 0.0741. The highest BCUT2D eigenvalue weighted by Crippen LogP contribution is 2.25. The van der Waals surface area contributed by atoms with Crippen molar-refractivity contribution in [1.29, 1.82) is 0 Å². The minimum absolute atomic E-state index is 0.174. The Kier molecular flexibility index (Phi) is 4.94. The number of rotatable bonds is 4. The summed E-state index contributed by atoms with van der Waals surface area (Å²) < 4.78 is 15.7. The van der Waals surface area contributed by atoms with E-state index in [9.17, 15) is 9.18 Å². The minimum Gasteiger partial charge on any atom is -0.335 e. The number of amides is 1. The highest BCUT2D eigenvalue weighted by atomic mass is 79.9. The lowest BCUT2D eigenvalue weighted by Gasteiger charge is -2.26. The molecule has 0 bridgehead atoms. The molecule has 5 nitrogen and oxygen atoms in total. The molecule has 1 unspecified atom stereocenters. The van der Waals surface area contributed by atoms with Gasteiger partial charge in [-0.05, 0) is 58.7 Å². The van der Waals surface area contributed by atoms with Crippen LogP contribution in [0.5, 0.6) is 0 Å². The molecule has 3 rings (SSSR count). The normalized spacial score (nSPS) is 12.0. The standard InChI is InChI=1S/C18H16BrFN4O/c1-12(13-3-6-15(7-4-13)24-11-21-10-22-24)23(2)18(25)16-9-14(20)5-8-17(16)19/h3-12H,1-2H3. The molecule has 0 saturated heterocycles. The highest BCUT2D eigenvalue weighted by Gasteiger charge is 2.21. The number of hydrogen-bond acceptors (Lipinski definition) is 3. The predicted octanol–water partition coefficient (Wildman–Crippen LogP) is 4.00. The lowest BCUT2D eigenvalue weighted by atomic mass is 10.1. The van der Waals surface area contributed by atoms with Crippen LogP contribution in [-0.4, -0.2) is 32.6 Å². The van der Waals surface area contributed by atoms with E-state index in [0.717, 1.165) is 11.3 Å². The van der Waals surface area contributed by atoms with Gasteiger partial charge in [-0.1, -0.05) is 12.1 Å². The van der Waals surface area contributed by atoms with Gasteiger partial charge in [-0.2, -0.15) is 5.10 Å². The van der Waals surface area contributed by atoms with Crippen LogP contribution in [-0.2, 0) is 0 Å². The first kappa shape index (κ1) is 17.3. The topological polar surface area (TPSA) is 51.0 Å². The van der Waals surface area contributed by atoms with Crippen molar-refractivity contribution in [1.82, 2.24) is 19.7 Å². The second-order valence-electron chi connectivity index (χ2n) is 5.65. The second kappa shape index (κ2) is 7.14. The minimum atomic E-state index is -0.440. The number of nitrogens with zero attached hydrogens (tertiary/aromatic N) is 4. The maximum Gasteiger partial charge on any atom is 0.255 e. The van der Waals surface area contributed by atoms with Crippen molar-refractivity contribution in [2.75, 3.05) is 7.05 Å². The van der Waals surface area contributed by atoms with Crippen LogP contribution in [0.1, 0.15) is 28.9 Å². The summed E-state index contributed by atoms with van der Waals surface area (Å²) in [4.78, 5) is 18.2. The van der Waals surface area contributed by atoms with E-state index in [0.29, 0.717) is 10.0 Å². The smallest absolute Gasteiger partial charge is 0.255 e. The van der Waals surface area contributed by atoms with Crippen LogP contribution in [0.15, 0.2) is 59.6 Å². The Bertz CT molecular complexity index is 881. The number of aromatic nitrogens is 3. The van der Waals surface area contributed by atoms with Crippen LogP contribution in [0.4, 0.5) is 4.39 Å². The average molecular weight is 403 g/mol. The summed E-state index contributed by atoms with van der Waals surface area (Å²) in [5, 5.41) is 4.08. The summed E-state index contributed by atoms with van der Waals surface area (Å²) in [5.74, 6) is -0.691. The van der Waals surface area contributed by atoms with Crippen molar-refractivity contribution < 1.29 is 9.18 Å². The molecule has 0 aliphatic carbocycles. The second-order valence-corrected chi connectivity index (χ2v) is 6.50. The van der Waals surface area contributed by atoms with Gasteiger partial charge in [-0.3, -0.25) is 4.79 Å². The molecule has 0 fully saturated rings. The van der Waals surface area contributed by atoms with Crippen molar-refractivity contribution in [3.05, 3.63) is 76.5 Å². The first-order chi connectivity index (χ1) is 12.0. The summed E-state index contributed by atoms with van der Waals surface area (Å²) >= 11 is 3.31. The van der Waals surface area contributed by atoms with E-state index in [-0.39, 0.29) is 11.9 Å². The average Bonchev–Trinajstić information content (AvgIpc) is 3.16. The Balaban J connectivity index is 1.81. The molecule has 25 heavy (non-hydrogen) atoms. The zero-order valence-electron chi connectivity index (χ0n) is 13.7. The monoisotopic (exact) mass is 402 g/mol. The molecule has 0 N–H and O–H groups in total. The summed E-state index contributed by atoms with van der Waals surface area (Å²) in [7, 11) is 1.70. The third-order valence-corrected chi connectivity index (χ3v) is 4.81. The molecule has 2 aromatic carbocycles. The van der Waals surface area contributed by atoms with Gasteiger partial charge in [0.05, 0.1) is 17.3 Å². The fourth-order valence-electron chi connectivity index (χ4n) is 2.50. The van der Waals surface area contributed by atoms with Crippen LogP contribution in [0.2, 0.25) is 0 Å². The molecule has 1 heterocycles. The molecule has 1 aromatic heterocycles. The number of hydrogen-bond donors (Lipinski definition) is 0. The number of carbonyl (C=O) groups excluding carboxylic acids is 1. The summed E-state index contributed by atoms with van der Waals surface area (Å²) in [6.45, 7) is 1.93. The van der Waals surface area contributed by atoms with Crippen molar-refractivity contribution in [3.63, 3.8) is 0 Å². The SMILES string of the molecule is CC(c1ccc(-n2cncn2)cc1)N(C)C(=O)c1cc(F)ccc1Br. The van der Waals surface area contributed by atoms with Crippen molar-refractivity contribution in [3.8, 4) is 5.69 Å². The van der Waals surface area contributed by atoms with Gasteiger partial charge in [0.25, 0.3) is 5.91 Å². The van der Waals surface area contributed by atoms with Gasteiger partial charge >= 0.3 is 0 Å². The van der Waals surface area contributed by atoms with Gasteiger partial charge in [0.1, 0.15) is 18.5 Å². The molecular formula is C18H16BrFN4O. The Morgan fingerprint density at radius 3 is 2.60 bits per heavy atom. The van der Waals surface area contributed by atoms with Gasteiger partial charge in [0, 0.05) is 11.5 Å². The fraction of sp³-hybridized carbons (Fsp3) is 0.167. The third-order valence-electron chi connectivity index (χ3n) is 4.12. The summed E-state index contributed by atoms with van der Waals surface area (Å²) in [5.41, 5.74) is 2.15. The zero-order valence-corrected chi connectivity index (χ0v) is 15.3. The van der Waals surface area contributed by atoms with Crippen LogP contribution in [0.25, 0.3) is 5.69 Å². The van der Waals surface area contributed by atoms with E-state index in [1.165, 1.54) is 24.5 Å². The Hall–Kier alpha value is -2.54. The third kappa shape index (κ3) is 3.61. The van der Waals surface area contributed by atoms with E-state index >= 15 is 0 Å². The molecule has 1 amide bonds. The van der Waals surface area contributed by atoms with E-state index in [2.05, 4.69) is 26.0 Å². The van der Waals surface area contributed by atoms with Crippen LogP contribution >= 0.6 is 15.9 Å². The van der Waals surface area contributed by atoms with Gasteiger partial charge in [-0.25, -0.2) is 14.1 Å². The van der Waals surface area contributed by atoms with Crippen molar-refractivity contribution >= 4 is 21.8 Å². The zero-order chi connectivity index (χ0) is 18.0. The largest absolute Gasteiger partial charge is 0.335 e. The van der Waals surface area contributed by atoms with E-state index in [1.54, 1.807) is 23.0 Å². The predicted molar refractivity (Wildman–Crippen MR) is 96.0 cm³/mol. The van der Waals surface area contributed by atoms with Crippen LogP contribution < -0.4 is 0 Å². The van der Waals surface area contributed by atoms with Crippen LogP contribution in [0, 0.1) is 5.82 Å². The van der Waals surface area contributed by atoms with E-state index in [4.69, 9.17) is 0 Å². The van der Waals surface area contributed by atoms with E-state index < -0.39 is 5.82 Å². The Morgan fingerprint density at radius 1 is 1.24 bits per heavy atom. The molecular weight excluding hydrogens is 387 g/mol. The molecule has 1 atom stereocenters. The fourth-order valence-corrected chi connectivity index (χ4v) is 2.91.